The van der Waals surface area contributed by atoms with E-state index >= 15 is 0 Å². The Kier molecular flexibility index (Phi) is 3.85. The fraction of sp³-hybridized carbons (Fsp3) is 0.133. The smallest absolute Gasteiger partial charge is 0.190 e. The maximum atomic E-state index is 13.0. The predicted molar refractivity (Wildman–Crippen MR) is 83.4 cm³/mol. The van der Waals surface area contributed by atoms with Crippen molar-refractivity contribution in [2.24, 2.45) is 0 Å². The maximum absolute atomic E-state index is 13.0. The van der Waals surface area contributed by atoms with Gasteiger partial charge in [-0.2, -0.15) is 10.4 Å². The van der Waals surface area contributed by atoms with Crippen LogP contribution in [0.5, 0.6) is 0 Å². The minimum Gasteiger partial charge on any atom is -0.316 e. The second kappa shape index (κ2) is 5.95. The van der Waals surface area contributed by atoms with Crippen LogP contribution in [0.1, 0.15) is 11.8 Å². The van der Waals surface area contributed by atoms with Crippen molar-refractivity contribution in [1.29, 1.82) is 5.26 Å². The first-order valence-corrected chi connectivity index (χ1v) is 7.48. The Morgan fingerprint density at radius 1 is 1.32 bits per heavy atom. The highest BCUT2D eigenvalue weighted by Gasteiger charge is 2.14. The number of nitrogens with zero attached hydrogens (tertiary/aromatic N) is 4. The molecule has 3 rings (SSSR count). The Labute approximate surface area is 130 Å². The molecule has 1 aromatic carbocycles. The Balaban J connectivity index is 1.95. The van der Waals surface area contributed by atoms with Crippen LogP contribution in [0.2, 0.25) is 0 Å². The van der Waals surface area contributed by atoms with Crippen LogP contribution >= 0.6 is 11.3 Å². The SMILES string of the molecule is CCn1nccc1Nc1nc(-c2ccc(F)cc2)c(C#N)s1. The first kappa shape index (κ1) is 14.2. The lowest BCUT2D eigenvalue weighted by Gasteiger charge is -2.04. The number of anilines is 2. The van der Waals surface area contributed by atoms with Crippen molar-refractivity contribution in [2.75, 3.05) is 5.32 Å². The number of nitrogens with one attached hydrogen (secondary N) is 1. The highest BCUT2D eigenvalue weighted by atomic mass is 32.1. The quantitative estimate of drug-likeness (QED) is 0.796. The Morgan fingerprint density at radius 2 is 2.09 bits per heavy atom. The van der Waals surface area contributed by atoms with Crippen LogP contribution in [0.25, 0.3) is 11.3 Å². The summed E-state index contributed by atoms with van der Waals surface area (Å²) in [4.78, 5) is 4.94. The molecule has 0 aliphatic rings. The van der Waals surface area contributed by atoms with Crippen LogP contribution in [-0.4, -0.2) is 14.8 Å². The van der Waals surface area contributed by atoms with E-state index in [1.54, 1.807) is 23.0 Å². The van der Waals surface area contributed by atoms with Crippen molar-refractivity contribution in [3.63, 3.8) is 0 Å². The predicted octanol–water partition coefficient (Wildman–Crippen LogP) is 3.78. The van der Waals surface area contributed by atoms with E-state index in [2.05, 4.69) is 21.5 Å². The second-order valence-corrected chi connectivity index (χ2v) is 5.47. The van der Waals surface area contributed by atoms with Crippen molar-refractivity contribution in [3.8, 4) is 17.3 Å². The Bertz CT molecular complexity index is 828. The molecule has 5 nitrogen and oxygen atoms in total. The van der Waals surface area contributed by atoms with E-state index in [0.717, 1.165) is 12.4 Å². The largest absolute Gasteiger partial charge is 0.316 e. The molecule has 0 spiro atoms. The Hall–Kier alpha value is -2.72. The van der Waals surface area contributed by atoms with Gasteiger partial charge in [-0.3, -0.25) is 0 Å². The molecule has 0 amide bonds. The Morgan fingerprint density at radius 3 is 2.77 bits per heavy atom. The van der Waals surface area contributed by atoms with E-state index in [9.17, 15) is 9.65 Å². The molecular weight excluding hydrogens is 301 g/mol. The van der Waals surface area contributed by atoms with Gasteiger partial charge in [0.15, 0.2) is 5.13 Å². The average molecular weight is 313 g/mol. The molecule has 0 radical (unpaired) electrons. The van der Waals surface area contributed by atoms with Crippen molar-refractivity contribution in [2.45, 2.75) is 13.5 Å². The molecule has 0 aliphatic carbocycles. The summed E-state index contributed by atoms with van der Waals surface area (Å²) >= 11 is 1.26. The van der Waals surface area contributed by atoms with E-state index in [1.807, 2.05) is 13.0 Å². The molecule has 2 heterocycles. The number of aryl methyl sites for hydroxylation is 1. The molecule has 0 atom stereocenters. The summed E-state index contributed by atoms with van der Waals surface area (Å²) in [6, 6.07) is 9.92. The lowest BCUT2D eigenvalue weighted by atomic mass is 10.1. The van der Waals surface area contributed by atoms with Crippen LogP contribution in [-0.2, 0) is 6.54 Å². The molecule has 2 aromatic heterocycles. The molecule has 0 unspecified atom stereocenters. The molecule has 0 fully saturated rings. The van der Waals surface area contributed by atoms with Gasteiger partial charge in [0.25, 0.3) is 0 Å². The number of aromatic nitrogens is 3. The van der Waals surface area contributed by atoms with Crippen molar-refractivity contribution < 1.29 is 4.39 Å². The zero-order chi connectivity index (χ0) is 15.5. The maximum Gasteiger partial charge on any atom is 0.190 e. The number of rotatable bonds is 4. The van der Waals surface area contributed by atoms with Gasteiger partial charge in [0.1, 0.15) is 28.3 Å². The average Bonchev–Trinajstić information content (AvgIpc) is 3.14. The third-order valence-corrected chi connectivity index (χ3v) is 3.97. The van der Waals surface area contributed by atoms with Crippen LogP contribution in [0.15, 0.2) is 36.5 Å². The van der Waals surface area contributed by atoms with Gasteiger partial charge >= 0.3 is 0 Å². The van der Waals surface area contributed by atoms with E-state index in [-0.39, 0.29) is 5.82 Å². The van der Waals surface area contributed by atoms with Gasteiger partial charge in [-0.25, -0.2) is 14.1 Å². The van der Waals surface area contributed by atoms with Gasteiger partial charge in [0.05, 0.1) is 6.20 Å². The van der Waals surface area contributed by atoms with Gasteiger partial charge in [-0.1, -0.05) is 11.3 Å². The summed E-state index contributed by atoms with van der Waals surface area (Å²) in [5.41, 5.74) is 1.27. The minimum absolute atomic E-state index is 0.317. The summed E-state index contributed by atoms with van der Waals surface area (Å²) in [5, 5.41) is 17.2. The van der Waals surface area contributed by atoms with Crippen LogP contribution in [0.4, 0.5) is 15.3 Å². The lowest BCUT2D eigenvalue weighted by Crippen LogP contribution is -2.02. The zero-order valence-corrected chi connectivity index (χ0v) is 12.6. The molecule has 1 N–H and O–H groups in total. The van der Waals surface area contributed by atoms with Gasteiger partial charge < -0.3 is 5.32 Å². The number of halogens is 1. The number of benzene rings is 1. The topological polar surface area (TPSA) is 66.5 Å². The molecule has 110 valence electrons. The summed E-state index contributed by atoms with van der Waals surface area (Å²) < 4.78 is 14.8. The number of hydrogen-bond donors (Lipinski definition) is 1. The van der Waals surface area contributed by atoms with Gasteiger partial charge in [-0.05, 0) is 31.2 Å². The first-order valence-electron chi connectivity index (χ1n) is 6.67. The van der Waals surface area contributed by atoms with Gasteiger partial charge in [-0.15, -0.1) is 0 Å². The molecule has 0 saturated carbocycles. The van der Waals surface area contributed by atoms with E-state index in [0.29, 0.717) is 21.3 Å². The fourth-order valence-corrected chi connectivity index (χ4v) is 2.84. The van der Waals surface area contributed by atoms with Gasteiger partial charge in [0, 0.05) is 18.2 Å². The number of thiazole rings is 1. The molecule has 0 bridgehead atoms. The van der Waals surface area contributed by atoms with E-state index < -0.39 is 0 Å². The summed E-state index contributed by atoms with van der Waals surface area (Å²) in [6.45, 7) is 2.72. The molecule has 22 heavy (non-hydrogen) atoms. The van der Waals surface area contributed by atoms with E-state index in [4.69, 9.17) is 0 Å². The molecular formula is C15H12FN5S. The molecule has 7 heteroatoms. The lowest BCUT2D eigenvalue weighted by molar-refractivity contribution is 0.628. The van der Waals surface area contributed by atoms with Crippen LogP contribution in [0, 0.1) is 17.1 Å². The number of nitriles is 1. The standard InChI is InChI=1S/C15H12FN5S/c1-2-21-13(7-8-18-21)19-15-20-14(12(9-17)22-15)10-3-5-11(16)6-4-10/h3-8H,2H2,1H3,(H,19,20). The monoisotopic (exact) mass is 313 g/mol. The molecule has 0 aliphatic heterocycles. The first-order chi connectivity index (χ1) is 10.7. The third-order valence-electron chi connectivity index (χ3n) is 3.10. The van der Waals surface area contributed by atoms with Crippen LogP contribution < -0.4 is 5.32 Å². The summed E-state index contributed by atoms with van der Waals surface area (Å²) in [6.07, 6.45) is 1.70. The van der Waals surface area contributed by atoms with Crippen molar-refractivity contribution in [3.05, 3.63) is 47.2 Å². The normalized spacial score (nSPS) is 10.4. The van der Waals surface area contributed by atoms with Crippen molar-refractivity contribution in [1.82, 2.24) is 14.8 Å². The molecule has 0 saturated heterocycles. The highest BCUT2D eigenvalue weighted by Crippen LogP contribution is 2.32. The van der Waals surface area contributed by atoms with Crippen molar-refractivity contribution >= 4 is 22.3 Å². The second-order valence-electron chi connectivity index (χ2n) is 4.47. The van der Waals surface area contributed by atoms with Crippen LogP contribution in [0.3, 0.4) is 0 Å². The summed E-state index contributed by atoms with van der Waals surface area (Å²) in [5.74, 6) is 0.495. The van der Waals surface area contributed by atoms with E-state index in [1.165, 1.54) is 23.5 Å². The fourth-order valence-electron chi connectivity index (χ4n) is 2.05. The third kappa shape index (κ3) is 2.69. The zero-order valence-electron chi connectivity index (χ0n) is 11.7. The minimum atomic E-state index is -0.317. The highest BCUT2D eigenvalue weighted by molar-refractivity contribution is 7.16. The van der Waals surface area contributed by atoms with Gasteiger partial charge in [0.2, 0.25) is 0 Å². The summed E-state index contributed by atoms with van der Waals surface area (Å²) in [7, 11) is 0. The number of hydrogen-bond acceptors (Lipinski definition) is 5. The molecule has 3 aromatic rings.